The van der Waals surface area contributed by atoms with Crippen LogP contribution < -0.4 is 16.0 Å². The van der Waals surface area contributed by atoms with Crippen molar-refractivity contribution < 1.29 is 28.7 Å². The lowest BCUT2D eigenvalue weighted by Crippen LogP contribution is -2.41. The van der Waals surface area contributed by atoms with Crippen molar-refractivity contribution in [2.45, 2.75) is 51.7 Å². The third-order valence-electron chi connectivity index (χ3n) is 3.86. The molecule has 1 aromatic rings. The van der Waals surface area contributed by atoms with Crippen LogP contribution in [0.25, 0.3) is 0 Å². The van der Waals surface area contributed by atoms with Crippen LogP contribution in [-0.4, -0.2) is 55.7 Å². The van der Waals surface area contributed by atoms with Gasteiger partial charge in [-0.2, -0.15) is 0 Å². The number of esters is 1. The molecular formula is C21H31N3O6. The second-order valence-corrected chi connectivity index (χ2v) is 7.62. The van der Waals surface area contributed by atoms with Crippen LogP contribution >= 0.6 is 0 Å². The van der Waals surface area contributed by atoms with E-state index in [2.05, 4.69) is 16.0 Å². The molecule has 0 radical (unpaired) electrons. The molecule has 30 heavy (non-hydrogen) atoms. The zero-order valence-corrected chi connectivity index (χ0v) is 17.9. The molecule has 9 nitrogen and oxygen atoms in total. The van der Waals surface area contributed by atoms with Gasteiger partial charge in [-0.3, -0.25) is 9.59 Å². The third-order valence-corrected chi connectivity index (χ3v) is 3.86. The van der Waals surface area contributed by atoms with Gasteiger partial charge in [-0.05, 0) is 52.2 Å². The highest BCUT2D eigenvalue weighted by Gasteiger charge is 2.21. The first-order valence-electron chi connectivity index (χ1n) is 9.79. The van der Waals surface area contributed by atoms with Crippen molar-refractivity contribution in [1.29, 1.82) is 0 Å². The van der Waals surface area contributed by atoms with Crippen LogP contribution in [0.15, 0.2) is 30.3 Å². The van der Waals surface area contributed by atoms with Crippen LogP contribution in [0, 0.1) is 0 Å². The molecule has 9 heteroatoms. The second-order valence-electron chi connectivity index (χ2n) is 7.62. The van der Waals surface area contributed by atoms with E-state index in [-0.39, 0.29) is 18.4 Å². The summed E-state index contributed by atoms with van der Waals surface area (Å²) in [5.74, 6) is -1.22. The van der Waals surface area contributed by atoms with E-state index in [9.17, 15) is 19.2 Å². The van der Waals surface area contributed by atoms with Crippen LogP contribution in [-0.2, 0) is 19.1 Å². The Labute approximate surface area is 176 Å². The minimum Gasteiger partial charge on any atom is -0.467 e. The number of carbonyl (C=O) groups excluding carboxylic acids is 4. The smallest absolute Gasteiger partial charge is 0.408 e. The first-order valence-corrected chi connectivity index (χ1v) is 9.79. The maximum atomic E-state index is 12.2. The van der Waals surface area contributed by atoms with E-state index in [0.717, 1.165) is 0 Å². The molecule has 1 aromatic carbocycles. The molecule has 3 amide bonds. The standard InChI is InChI=1S/C21H31N3O6/c1-21(2,3)30-20(28)23-14-17(25)22-13-9-8-12-16(19(27)29-4)24-18(26)15-10-6-5-7-11-15/h5-7,10-11,16H,8-9,12-14H2,1-4H3,(H,22,25)(H,23,28)(H,24,26). The molecule has 0 aromatic heterocycles. The average Bonchev–Trinajstić information content (AvgIpc) is 2.69. The number of carbonyl (C=O) groups is 4. The SMILES string of the molecule is COC(=O)C(CCCCNC(=O)CNC(=O)OC(C)(C)C)NC(=O)c1ccccc1. The number of nitrogens with one attached hydrogen (secondary N) is 3. The summed E-state index contributed by atoms with van der Waals surface area (Å²) >= 11 is 0. The Balaban J connectivity index is 2.31. The lowest BCUT2D eigenvalue weighted by atomic mass is 10.1. The number of hydrogen-bond donors (Lipinski definition) is 3. The van der Waals surface area contributed by atoms with E-state index in [4.69, 9.17) is 9.47 Å². The summed E-state index contributed by atoms with van der Waals surface area (Å²) in [5, 5.41) is 7.72. The van der Waals surface area contributed by atoms with Crippen LogP contribution in [0.4, 0.5) is 4.79 Å². The Morgan fingerprint density at radius 1 is 1.00 bits per heavy atom. The summed E-state index contributed by atoms with van der Waals surface area (Å²) in [6.07, 6.45) is 0.881. The normalized spacial score (nSPS) is 11.7. The molecule has 0 spiro atoms. The zero-order chi connectivity index (χ0) is 22.6. The molecule has 0 saturated carbocycles. The van der Waals surface area contributed by atoms with Crippen LogP contribution in [0.2, 0.25) is 0 Å². The van der Waals surface area contributed by atoms with Gasteiger partial charge < -0.3 is 25.4 Å². The fraction of sp³-hybridized carbons (Fsp3) is 0.524. The van der Waals surface area contributed by atoms with Gasteiger partial charge in [0, 0.05) is 12.1 Å². The van der Waals surface area contributed by atoms with Gasteiger partial charge in [0.25, 0.3) is 5.91 Å². The Morgan fingerprint density at radius 3 is 2.27 bits per heavy atom. The predicted molar refractivity (Wildman–Crippen MR) is 111 cm³/mol. The summed E-state index contributed by atoms with van der Waals surface area (Å²) in [6.45, 7) is 5.38. The Hall–Kier alpha value is -3.10. The highest BCUT2D eigenvalue weighted by atomic mass is 16.6. The van der Waals surface area contributed by atoms with E-state index in [0.29, 0.717) is 31.4 Å². The van der Waals surface area contributed by atoms with Crippen LogP contribution in [0.5, 0.6) is 0 Å². The lowest BCUT2D eigenvalue weighted by Gasteiger charge is -2.19. The van der Waals surface area contributed by atoms with Gasteiger partial charge in [0.15, 0.2) is 0 Å². The summed E-state index contributed by atoms with van der Waals surface area (Å²) < 4.78 is 9.80. The van der Waals surface area contributed by atoms with Crippen molar-refractivity contribution in [3.05, 3.63) is 35.9 Å². The first kappa shape index (κ1) is 24.9. The van der Waals surface area contributed by atoms with E-state index in [1.54, 1.807) is 51.1 Å². The molecule has 166 valence electrons. The van der Waals surface area contributed by atoms with Gasteiger partial charge in [-0.25, -0.2) is 9.59 Å². The Kier molecular flexibility index (Phi) is 10.4. The summed E-state index contributed by atoms with van der Waals surface area (Å²) in [4.78, 5) is 47.4. The number of rotatable bonds is 10. The zero-order valence-electron chi connectivity index (χ0n) is 17.9. The van der Waals surface area contributed by atoms with Crippen LogP contribution in [0.3, 0.4) is 0 Å². The molecule has 0 saturated heterocycles. The number of unbranched alkanes of at least 4 members (excludes halogenated alkanes) is 1. The highest BCUT2D eigenvalue weighted by molar-refractivity contribution is 5.96. The fourth-order valence-corrected chi connectivity index (χ4v) is 2.45. The number of benzene rings is 1. The second kappa shape index (κ2) is 12.5. The number of amides is 3. The van der Waals surface area contributed by atoms with Crippen molar-refractivity contribution >= 4 is 23.9 Å². The summed E-state index contributed by atoms with van der Waals surface area (Å²) in [5.41, 5.74) is -0.178. The summed E-state index contributed by atoms with van der Waals surface area (Å²) in [7, 11) is 1.27. The fourth-order valence-electron chi connectivity index (χ4n) is 2.45. The van der Waals surface area contributed by atoms with Gasteiger partial charge in [0.05, 0.1) is 13.7 Å². The molecule has 0 aliphatic carbocycles. The Bertz CT molecular complexity index is 715. The van der Waals surface area contributed by atoms with Gasteiger partial charge in [0.2, 0.25) is 5.91 Å². The van der Waals surface area contributed by atoms with E-state index in [1.165, 1.54) is 7.11 Å². The van der Waals surface area contributed by atoms with Crippen LogP contribution in [0.1, 0.15) is 50.4 Å². The predicted octanol–water partition coefficient (Wildman–Crippen LogP) is 1.77. The molecule has 0 heterocycles. The van der Waals surface area contributed by atoms with Gasteiger partial charge >= 0.3 is 12.1 Å². The third kappa shape index (κ3) is 10.4. The minimum absolute atomic E-state index is 0.188. The number of hydrogen-bond acceptors (Lipinski definition) is 6. The van der Waals surface area contributed by atoms with Crippen molar-refractivity contribution in [1.82, 2.24) is 16.0 Å². The maximum absolute atomic E-state index is 12.2. The number of alkyl carbamates (subject to hydrolysis) is 1. The van der Waals surface area contributed by atoms with Gasteiger partial charge in [-0.1, -0.05) is 18.2 Å². The first-order chi connectivity index (χ1) is 14.1. The quantitative estimate of drug-likeness (QED) is 0.391. The monoisotopic (exact) mass is 421 g/mol. The molecule has 0 aliphatic rings. The largest absolute Gasteiger partial charge is 0.467 e. The molecular weight excluding hydrogens is 390 g/mol. The minimum atomic E-state index is -0.771. The molecule has 0 aliphatic heterocycles. The Morgan fingerprint density at radius 2 is 1.67 bits per heavy atom. The number of ether oxygens (including phenoxy) is 2. The van der Waals surface area contributed by atoms with Gasteiger partial charge in [-0.15, -0.1) is 0 Å². The number of methoxy groups -OCH3 is 1. The van der Waals surface area contributed by atoms with E-state index in [1.807, 2.05) is 0 Å². The van der Waals surface area contributed by atoms with Crippen molar-refractivity contribution in [2.75, 3.05) is 20.2 Å². The van der Waals surface area contributed by atoms with Crippen molar-refractivity contribution in [3.8, 4) is 0 Å². The average molecular weight is 421 g/mol. The molecule has 1 atom stereocenters. The molecule has 3 N–H and O–H groups in total. The maximum Gasteiger partial charge on any atom is 0.408 e. The van der Waals surface area contributed by atoms with Crippen molar-refractivity contribution in [3.63, 3.8) is 0 Å². The molecule has 0 fully saturated rings. The summed E-state index contributed by atoms with van der Waals surface area (Å²) in [6, 6.07) is 7.82. The van der Waals surface area contributed by atoms with E-state index < -0.39 is 23.7 Å². The van der Waals surface area contributed by atoms with Crippen molar-refractivity contribution in [2.24, 2.45) is 0 Å². The molecule has 1 unspecified atom stereocenters. The topological polar surface area (TPSA) is 123 Å². The molecule has 0 bridgehead atoms. The van der Waals surface area contributed by atoms with Gasteiger partial charge in [0.1, 0.15) is 11.6 Å². The lowest BCUT2D eigenvalue weighted by molar-refractivity contribution is -0.143. The molecule has 1 rings (SSSR count). The van der Waals surface area contributed by atoms with E-state index >= 15 is 0 Å². The highest BCUT2D eigenvalue weighted by Crippen LogP contribution is 2.07.